The van der Waals surface area contributed by atoms with Gasteiger partial charge in [-0.15, -0.1) is 0 Å². The minimum atomic E-state index is -0.196. The van der Waals surface area contributed by atoms with Gasteiger partial charge in [-0.2, -0.15) is 0 Å². The molecule has 1 aromatic heterocycles. The van der Waals surface area contributed by atoms with Gasteiger partial charge < -0.3 is 15.3 Å². The Morgan fingerprint density at radius 1 is 1.41 bits per heavy atom. The number of pyridine rings is 1. The van der Waals surface area contributed by atoms with Gasteiger partial charge in [-0.3, -0.25) is 9.78 Å². The molecular weight excluding hydrogens is 218 g/mol. The molecule has 0 radical (unpaired) electrons. The van der Waals surface area contributed by atoms with Crippen molar-refractivity contribution in [2.45, 2.75) is 12.8 Å². The molecule has 0 aliphatic heterocycles. The molecule has 0 fully saturated rings. The summed E-state index contributed by atoms with van der Waals surface area (Å²) in [5, 5.41) is 12.0. The molecule has 0 atom stereocenters. The molecule has 0 saturated heterocycles. The summed E-state index contributed by atoms with van der Waals surface area (Å²) in [4.78, 5) is 17.5. The third kappa shape index (κ3) is 5.31. The first kappa shape index (κ1) is 13.4. The van der Waals surface area contributed by atoms with Gasteiger partial charge in [-0.05, 0) is 39.5 Å². The molecule has 1 aromatic rings. The van der Waals surface area contributed by atoms with Gasteiger partial charge in [0.1, 0.15) is 5.75 Å². The van der Waals surface area contributed by atoms with Gasteiger partial charge in [0.15, 0.2) is 0 Å². The van der Waals surface area contributed by atoms with E-state index in [4.69, 9.17) is 0 Å². The molecule has 17 heavy (non-hydrogen) atoms. The number of amides is 1. The maximum absolute atomic E-state index is 11.6. The van der Waals surface area contributed by atoms with Crippen molar-refractivity contribution in [2.24, 2.45) is 0 Å². The summed E-state index contributed by atoms with van der Waals surface area (Å²) in [5.74, 6) is -0.191. The number of aromatic nitrogens is 1. The number of nitrogens with one attached hydrogen (secondary N) is 1. The Morgan fingerprint density at radius 2 is 2.18 bits per heavy atom. The zero-order chi connectivity index (χ0) is 12.7. The highest BCUT2D eigenvalue weighted by Crippen LogP contribution is 2.07. The van der Waals surface area contributed by atoms with Crippen molar-refractivity contribution in [1.29, 1.82) is 0 Å². The summed E-state index contributed by atoms with van der Waals surface area (Å²) in [6.45, 7) is 1.66. The molecule has 0 spiro atoms. The molecule has 0 aliphatic carbocycles. The highest BCUT2D eigenvalue weighted by Gasteiger charge is 2.05. The minimum Gasteiger partial charge on any atom is -0.506 e. The highest BCUT2D eigenvalue weighted by molar-refractivity contribution is 5.94. The molecule has 1 amide bonds. The summed E-state index contributed by atoms with van der Waals surface area (Å²) in [6.07, 6.45) is 4.73. The number of aromatic hydroxyl groups is 1. The average molecular weight is 237 g/mol. The molecule has 0 unspecified atom stereocenters. The van der Waals surface area contributed by atoms with E-state index in [1.54, 1.807) is 0 Å². The SMILES string of the molecule is CN(C)CCCCNC(=O)c1cncc(O)c1. The van der Waals surface area contributed by atoms with Crippen molar-refractivity contribution in [2.75, 3.05) is 27.2 Å². The zero-order valence-electron chi connectivity index (χ0n) is 10.3. The van der Waals surface area contributed by atoms with Crippen LogP contribution in [0.5, 0.6) is 5.75 Å². The highest BCUT2D eigenvalue weighted by atomic mass is 16.3. The largest absolute Gasteiger partial charge is 0.506 e. The number of carbonyl (C=O) groups excluding carboxylic acids is 1. The fourth-order valence-electron chi connectivity index (χ4n) is 1.41. The first-order valence-corrected chi connectivity index (χ1v) is 5.66. The molecule has 5 heteroatoms. The second-order valence-corrected chi connectivity index (χ2v) is 4.20. The van der Waals surface area contributed by atoms with Gasteiger partial charge in [-0.1, -0.05) is 0 Å². The van der Waals surface area contributed by atoms with E-state index in [1.807, 2.05) is 14.1 Å². The molecular formula is C12H19N3O2. The lowest BCUT2D eigenvalue weighted by Crippen LogP contribution is -2.25. The molecule has 5 nitrogen and oxygen atoms in total. The summed E-state index contributed by atoms with van der Waals surface area (Å²) in [7, 11) is 4.05. The van der Waals surface area contributed by atoms with Crippen LogP contribution in [0.25, 0.3) is 0 Å². The van der Waals surface area contributed by atoms with Crippen LogP contribution in [0.2, 0.25) is 0 Å². The minimum absolute atomic E-state index is 0.00487. The van der Waals surface area contributed by atoms with Gasteiger partial charge in [-0.25, -0.2) is 0 Å². The molecule has 0 aromatic carbocycles. The van der Waals surface area contributed by atoms with Crippen molar-refractivity contribution < 1.29 is 9.90 Å². The number of rotatable bonds is 6. The summed E-state index contributed by atoms with van der Waals surface area (Å²) >= 11 is 0. The lowest BCUT2D eigenvalue weighted by atomic mass is 10.2. The standard InChI is InChI=1S/C12H19N3O2/c1-15(2)6-4-3-5-14-12(17)10-7-11(16)9-13-8-10/h7-9,16H,3-6H2,1-2H3,(H,14,17). The van der Waals surface area contributed by atoms with E-state index >= 15 is 0 Å². The second kappa shape index (κ2) is 6.85. The third-order valence-electron chi connectivity index (χ3n) is 2.30. The summed E-state index contributed by atoms with van der Waals surface area (Å²) < 4.78 is 0. The first-order valence-electron chi connectivity index (χ1n) is 5.66. The number of carbonyl (C=O) groups is 1. The second-order valence-electron chi connectivity index (χ2n) is 4.20. The van der Waals surface area contributed by atoms with Crippen LogP contribution in [-0.2, 0) is 0 Å². The van der Waals surface area contributed by atoms with Gasteiger partial charge in [0, 0.05) is 12.7 Å². The maximum atomic E-state index is 11.6. The molecule has 1 rings (SSSR count). The Balaban J connectivity index is 2.26. The van der Waals surface area contributed by atoms with Crippen molar-refractivity contribution in [3.63, 3.8) is 0 Å². The Labute approximate surface area is 101 Å². The number of hydrogen-bond donors (Lipinski definition) is 2. The molecule has 0 aliphatic rings. The lowest BCUT2D eigenvalue weighted by Gasteiger charge is -2.09. The van der Waals surface area contributed by atoms with Crippen LogP contribution in [0.4, 0.5) is 0 Å². The van der Waals surface area contributed by atoms with Crippen LogP contribution in [0.15, 0.2) is 18.5 Å². The van der Waals surface area contributed by atoms with E-state index in [2.05, 4.69) is 15.2 Å². The van der Waals surface area contributed by atoms with Crippen molar-refractivity contribution >= 4 is 5.91 Å². The van der Waals surface area contributed by atoms with Gasteiger partial charge in [0.2, 0.25) is 0 Å². The van der Waals surface area contributed by atoms with Crippen LogP contribution in [-0.4, -0.2) is 48.1 Å². The monoisotopic (exact) mass is 237 g/mol. The molecule has 0 saturated carbocycles. The summed E-state index contributed by atoms with van der Waals surface area (Å²) in [6, 6.07) is 1.40. The number of nitrogens with zero attached hydrogens (tertiary/aromatic N) is 2. The smallest absolute Gasteiger partial charge is 0.252 e. The molecule has 0 bridgehead atoms. The molecule has 1 heterocycles. The van der Waals surface area contributed by atoms with Crippen LogP contribution in [0.3, 0.4) is 0 Å². The Hall–Kier alpha value is -1.62. The van der Waals surface area contributed by atoms with Crippen molar-refractivity contribution in [3.05, 3.63) is 24.0 Å². The van der Waals surface area contributed by atoms with Gasteiger partial charge >= 0.3 is 0 Å². The van der Waals surface area contributed by atoms with Crippen molar-refractivity contribution in [3.8, 4) is 5.75 Å². The van der Waals surface area contributed by atoms with E-state index in [1.165, 1.54) is 18.5 Å². The predicted molar refractivity (Wildman–Crippen MR) is 66.0 cm³/mol. The fraction of sp³-hybridized carbons (Fsp3) is 0.500. The van der Waals surface area contributed by atoms with E-state index < -0.39 is 0 Å². The Morgan fingerprint density at radius 3 is 2.82 bits per heavy atom. The normalized spacial score (nSPS) is 10.5. The number of hydrogen-bond acceptors (Lipinski definition) is 4. The number of unbranched alkanes of at least 4 members (excludes halogenated alkanes) is 1. The van der Waals surface area contributed by atoms with Crippen LogP contribution >= 0.6 is 0 Å². The Kier molecular flexibility index (Phi) is 5.42. The Bertz CT molecular complexity index is 367. The first-order chi connectivity index (χ1) is 8.09. The zero-order valence-corrected chi connectivity index (χ0v) is 10.3. The van der Waals surface area contributed by atoms with E-state index in [9.17, 15) is 9.90 Å². The van der Waals surface area contributed by atoms with Crippen LogP contribution in [0, 0.1) is 0 Å². The van der Waals surface area contributed by atoms with E-state index in [0.29, 0.717) is 12.1 Å². The quantitative estimate of drug-likeness (QED) is 0.720. The van der Waals surface area contributed by atoms with Gasteiger partial charge in [0.25, 0.3) is 5.91 Å². The van der Waals surface area contributed by atoms with Gasteiger partial charge in [0.05, 0.1) is 11.8 Å². The summed E-state index contributed by atoms with van der Waals surface area (Å²) in [5.41, 5.74) is 0.387. The van der Waals surface area contributed by atoms with Crippen molar-refractivity contribution in [1.82, 2.24) is 15.2 Å². The average Bonchev–Trinajstić information content (AvgIpc) is 2.28. The van der Waals surface area contributed by atoms with E-state index in [-0.39, 0.29) is 11.7 Å². The topological polar surface area (TPSA) is 65.5 Å². The lowest BCUT2D eigenvalue weighted by molar-refractivity contribution is 0.0952. The molecule has 94 valence electrons. The van der Waals surface area contributed by atoms with Crippen LogP contribution < -0.4 is 5.32 Å². The van der Waals surface area contributed by atoms with Crippen LogP contribution in [0.1, 0.15) is 23.2 Å². The third-order valence-corrected chi connectivity index (χ3v) is 2.30. The molecule has 2 N–H and O–H groups in total. The maximum Gasteiger partial charge on any atom is 0.252 e. The fourth-order valence-corrected chi connectivity index (χ4v) is 1.41. The van der Waals surface area contributed by atoms with E-state index in [0.717, 1.165) is 19.4 Å². The predicted octanol–water partition coefficient (Wildman–Crippen LogP) is 0.859.